The number of hydrogen-bond donors (Lipinski definition) is 0. The average Bonchev–Trinajstić information content (AvgIpc) is 3.01. The molecule has 104 valence electrons. The van der Waals surface area contributed by atoms with Crippen molar-refractivity contribution in [3.63, 3.8) is 0 Å². The Morgan fingerprint density at radius 3 is 2.84 bits per heavy atom. The maximum atomic E-state index is 11.9. The van der Waals surface area contributed by atoms with Gasteiger partial charge in [0.2, 0.25) is 0 Å². The van der Waals surface area contributed by atoms with Crippen LogP contribution in [0.4, 0.5) is 0 Å². The Hall–Kier alpha value is -0.580. The molecule has 2 heterocycles. The number of rotatable bonds is 2. The van der Waals surface area contributed by atoms with E-state index in [2.05, 4.69) is 4.98 Å². The summed E-state index contributed by atoms with van der Waals surface area (Å²) in [6.45, 7) is 0.504. The van der Waals surface area contributed by atoms with E-state index in [9.17, 15) is 4.79 Å². The van der Waals surface area contributed by atoms with Gasteiger partial charge in [0.25, 0.3) is 5.56 Å². The molecule has 1 saturated carbocycles. The normalized spacial score (nSPS) is 25.3. The summed E-state index contributed by atoms with van der Waals surface area (Å²) in [4.78, 5) is 15.9. The molecule has 1 unspecified atom stereocenters. The first-order valence-electron chi connectivity index (χ1n) is 6.68. The largest absolute Gasteiger partial charge is 0.370 e. The molecule has 6 heteroatoms. The van der Waals surface area contributed by atoms with E-state index in [4.69, 9.17) is 27.9 Å². The van der Waals surface area contributed by atoms with Crippen molar-refractivity contribution < 1.29 is 4.74 Å². The van der Waals surface area contributed by atoms with Crippen LogP contribution >= 0.6 is 23.2 Å². The van der Waals surface area contributed by atoms with E-state index in [0.717, 1.165) is 25.7 Å². The van der Waals surface area contributed by atoms with Crippen LogP contribution in [0.5, 0.6) is 0 Å². The lowest BCUT2D eigenvalue weighted by molar-refractivity contribution is -0.0422. The summed E-state index contributed by atoms with van der Waals surface area (Å²) in [7, 11) is 0. The van der Waals surface area contributed by atoms with Crippen molar-refractivity contribution in [1.82, 2.24) is 9.55 Å². The second-order valence-electron chi connectivity index (χ2n) is 5.48. The Morgan fingerprint density at radius 2 is 2.11 bits per heavy atom. The van der Waals surface area contributed by atoms with Crippen molar-refractivity contribution >= 4 is 23.2 Å². The van der Waals surface area contributed by atoms with Gasteiger partial charge < -0.3 is 4.74 Å². The lowest BCUT2D eigenvalue weighted by Crippen LogP contribution is -2.30. The highest BCUT2D eigenvalue weighted by molar-refractivity contribution is 6.40. The van der Waals surface area contributed by atoms with Gasteiger partial charge >= 0.3 is 0 Å². The number of hydrogen-bond acceptors (Lipinski definition) is 3. The van der Waals surface area contributed by atoms with Gasteiger partial charge in [0.1, 0.15) is 5.02 Å². The zero-order valence-electron chi connectivity index (χ0n) is 10.6. The lowest BCUT2D eigenvalue weighted by Gasteiger charge is -2.24. The van der Waals surface area contributed by atoms with Crippen LogP contribution in [0.2, 0.25) is 10.2 Å². The molecule has 1 aliphatic carbocycles. The molecule has 4 nitrogen and oxygen atoms in total. The maximum Gasteiger partial charge on any atom is 0.273 e. The van der Waals surface area contributed by atoms with Gasteiger partial charge in [-0.05, 0) is 25.7 Å². The summed E-state index contributed by atoms with van der Waals surface area (Å²) >= 11 is 11.5. The summed E-state index contributed by atoms with van der Waals surface area (Å²) in [6, 6.07) is 0. The van der Waals surface area contributed by atoms with Crippen molar-refractivity contribution in [2.45, 2.75) is 56.8 Å². The fourth-order valence-corrected chi connectivity index (χ4v) is 3.49. The zero-order valence-corrected chi connectivity index (χ0v) is 12.1. The van der Waals surface area contributed by atoms with Gasteiger partial charge in [0.05, 0.1) is 24.6 Å². The molecular formula is C13H16Cl2N2O2. The summed E-state index contributed by atoms with van der Waals surface area (Å²) in [5, 5.41) is 0.0419. The average molecular weight is 303 g/mol. The molecule has 0 amide bonds. The zero-order chi connectivity index (χ0) is 13.5. The van der Waals surface area contributed by atoms with Crippen LogP contribution < -0.4 is 5.56 Å². The van der Waals surface area contributed by atoms with E-state index in [1.54, 1.807) is 0 Å². The Balaban J connectivity index is 1.73. The number of nitrogens with zero attached hydrogens (tertiary/aromatic N) is 2. The summed E-state index contributed by atoms with van der Waals surface area (Å²) in [6.07, 6.45) is 8.42. The fraction of sp³-hybridized carbons (Fsp3) is 0.692. The Bertz CT molecular complexity index is 538. The van der Waals surface area contributed by atoms with Gasteiger partial charge in [-0.1, -0.05) is 36.0 Å². The van der Waals surface area contributed by atoms with Gasteiger partial charge in [0.15, 0.2) is 5.15 Å². The van der Waals surface area contributed by atoms with Crippen molar-refractivity contribution in [3.8, 4) is 0 Å². The number of halogens is 2. The molecule has 0 aromatic carbocycles. The minimum atomic E-state index is -0.294. The van der Waals surface area contributed by atoms with Crippen molar-refractivity contribution in [2.24, 2.45) is 0 Å². The molecule has 2 aliphatic rings. The molecule has 3 rings (SSSR count). The third-order valence-corrected chi connectivity index (χ3v) is 4.92. The topological polar surface area (TPSA) is 44.1 Å². The van der Waals surface area contributed by atoms with Gasteiger partial charge in [-0.15, -0.1) is 0 Å². The molecule has 2 fully saturated rings. The first-order valence-corrected chi connectivity index (χ1v) is 7.43. The van der Waals surface area contributed by atoms with Gasteiger partial charge in [-0.25, -0.2) is 4.98 Å². The summed E-state index contributed by atoms with van der Waals surface area (Å²) in [5.41, 5.74) is -0.213. The fourth-order valence-electron chi connectivity index (χ4n) is 3.20. The predicted molar refractivity (Wildman–Crippen MR) is 73.8 cm³/mol. The Labute approximate surface area is 121 Å². The van der Waals surface area contributed by atoms with Crippen LogP contribution in [0.15, 0.2) is 11.1 Å². The second-order valence-corrected chi connectivity index (χ2v) is 6.21. The Kier molecular flexibility index (Phi) is 3.58. The van der Waals surface area contributed by atoms with Gasteiger partial charge in [0, 0.05) is 0 Å². The molecule has 0 radical (unpaired) electrons. The quantitative estimate of drug-likeness (QED) is 0.789. The van der Waals surface area contributed by atoms with E-state index in [0.29, 0.717) is 6.54 Å². The van der Waals surface area contributed by atoms with Gasteiger partial charge in [-0.3, -0.25) is 9.36 Å². The van der Waals surface area contributed by atoms with Crippen LogP contribution in [-0.4, -0.2) is 21.3 Å². The third-order valence-electron chi connectivity index (χ3n) is 4.19. The van der Waals surface area contributed by atoms with Crippen molar-refractivity contribution in [1.29, 1.82) is 0 Å². The van der Waals surface area contributed by atoms with E-state index < -0.39 is 0 Å². The van der Waals surface area contributed by atoms with E-state index >= 15 is 0 Å². The van der Waals surface area contributed by atoms with Crippen molar-refractivity contribution in [3.05, 3.63) is 26.9 Å². The van der Waals surface area contributed by atoms with Gasteiger partial charge in [-0.2, -0.15) is 0 Å². The molecule has 1 atom stereocenters. The smallest absolute Gasteiger partial charge is 0.273 e. The third kappa shape index (κ3) is 2.54. The SMILES string of the molecule is O=c1c(Cl)c(Cl)ncn1CC1CCC2(CCCC2)O1. The van der Waals surface area contributed by atoms with Crippen LogP contribution in [0.3, 0.4) is 0 Å². The standard InChI is InChI=1S/C13H16Cl2N2O2/c14-10-11(15)16-8-17(12(10)18)7-9-3-6-13(19-9)4-1-2-5-13/h8-9H,1-7H2. The number of ether oxygens (including phenoxy) is 1. The molecule has 1 aliphatic heterocycles. The van der Waals surface area contributed by atoms with Crippen LogP contribution in [0.1, 0.15) is 38.5 Å². The molecule has 0 bridgehead atoms. The molecule has 0 N–H and O–H groups in total. The molecule has 1 aromatic rings. The summed E-state index contributed by atoms with van der Waals surface area (Å²) < 4.78 is 7.67. The van der Waals surface area contributed by atoms with E-state index in [1.165, 1.54) is 23.7 Å². The first kappa shape index (κ1) is 13.4. The second kappa shape index (κ2) is 5.08. The first-order chi connectivity index (χ1) is 9.10. The van der Waals surface area contributed by atoms with E-state index in [-0.39, 0.29) is 27.4 Å². The Morgan fingerprint density at radius 1 is 1.37 bits per heavy atom. The minimum absolute atomic E-state index is 0.0160. The molecule has 19 heavy (non-hydrogen) atoms. The minimum Gasteiger partial charge on any atom is -0.370 e. The molecule has 1 saturated heterocycles. The molecule has 1 aromatic heterocycles. The molecule has 1 spiro atoms. The highest BCUT2D eigenvalue weighted by Crippen LogP contribution is 2.43. The highest BCUT2D eigenvalue weighted by atomic mass is 35.5. The van der Waals surface area contributed by atoms with Crippen LogP contribution in [0, 0.1) is 0 Å². The maximum absolute atomic E-state index is 11.9. The van der Waals surface area contributed by atoms with Crippen LogP contribution in [-0.2, 0) is 11.3 Å². The highest BCUT2D eigenvalue weighted by Gasteiger charge is 2.42. The monoisotopic (exact) mass is 302 g/mol. The van der Waals surface area contributed by atoms with E-state index in [1.807, 2.05) is 0 Å². The summed E-state index contributed by atoms with van der Waals surface area (Å²) in [5.74, 6) is 0. The predicted octanol–water partition coefficient (Wildman–Crippen LogP) is 3.04. The van der Waals surface area contributed by atoms with Crippen LogP contribution in [0.25, 0.3) is 0 Å². The number of aromatic nitrogens is 2. The lowest BCUT2D eigenvalue weighted by atomic mass is 9.98. The van der Waals surface area contributed by atoms with Crippen molar-refractivity contribution in [2.75, 3.05) is 0 Å². The molecular weight excluding hydrogens is 287 g/mol.